The number of hydrogen-bond acceptors (Lipinski definition) is 6. The van der Waals surface area contributed by atoms with Gasteiger partial charge in [0.2, 0.25) is 0 Å². The molecule has 0 saturated carbocycles. The van der Waals surface area contributed by atoms with Gasteiger partial charge in [0, 0.05) is 11.1 Å². The van der Waals surface area contributed by atoms with Gasteiger partial charge >= 0.3 is 5.69 Å². The summed E-state index contributed by atoms with van der Waals surface area (Å²) < 4.78 is 5.30. The van der Waals surface area contributed by atoms with Gasteiger partial charge in [-0.2, -0.15) is 10.1 Å². The van der Waals surface area contributed by atoms with E-state index in [1.807, 2.05) is 18.2 Å². The molecule has 3 rings (SSSR count). The van der Waals surface area contributed by atoms with Crippen molar-refractivity contribution < 1.29 is 14.6 Å². The highest BCUT2D eigenvalue weighted by Gasteiger charge is 2.10. The van der Waals surface area contributed by atoms with Crippen molar-refractivity contribution in [2.45, 2.75) is 6.92 Å². The lowest BCUT2D eigenvalue weighted by molar-refractivity contribution is 0.0949. The summed E-state index contributed by atoms with van der Waals surface area (Å²) in [4.78, 5) is 30.4. The first-order chi connectivity index (χ1) is 13.6. The van der Waals surface area contributed by atoms with Crippen molar-refractivity contribution in [2.75, 3.05) is 6.61 Å². The fraction of sp³-hybridized carbons (Fsp3) is 0.100. The number of nitrogens with one attached hydrogen (secondary N) is 2. The highest BCUT2D eigenvalue weighted by Crippen LogP contribution is 2.28. The molecule has 0 radical (unpaired) electrons. The van der Waals surface area contributed by atoms with Crippen molar-refractivity contribution >= 4 is 12.1 Å². The maximum atomic E-state index is 12.3. The topological polar surface area (TPSA) is 117 Å². The molecule has 0 aliphatic carbocycles. The second-order valence-electron chi connectivity index (χ2n) is 5.68. The summed E-state index contributed by atoms with van der Waals surface area (Å²) in [5, 5.41) is 13.9. The summed E-state index contributed by atoms with van der Waals surface area (Å²) in [6, 6.07) is 15.4. The number of amides is 1. The number of nitrogens with zero attached hydrogens (tertiary/aromatic N) is 2. The predicted molar refractivity (Wildman–Crippen MR) is 105 cm³/mol. The maximum Gasteiger partial charge on any atom is 0.346 e. The summed E-state index contributed by atoms with van der Waals surface area (Å²) in [7, 11) is 0. The van der Waals surface area contributed by atoms with Crippen LogP contribution in [0.1, 0.15) is 23.0 Å². The Kier molecular flexibility index (Phi) is 5.81. The van der Waals surface area contributed by atoms with Gasteiger partial charge < -0.3 is 14.8 Å². The van der Waals surface area contributed by atoms with Crippen LogP contribution in [-0.4, -0.2) is 33.8 Å². The van der Waals surface area contributed by atoms with Gasteiger partial charge in [-0.05, 0) is 25.1 Å². The van der Waals surface area contributed by atoms with Crippen molar-refractivity contribution in [3.05, 3.63) is 76.3 Å². The number of phenols is 1. The Morgan fingerprint density at radius 3 is 2.79 bits per heavy atom. The standard InChI is InChI=1S/C20H18N4O4/c1-2-28-17-10-6-9-14(18(17)25)12-21-24-19(26)16-11-15(22-20(27)23-16)13-7-4-3-5-8-13/h3-12,25H,2H2,1H3,(H,24,26)(H,22,23,27)/b21-12+. The van der Waals surface area contributed by atoms with Crippen molar-refractivity contribution in [2.24, 2.45) is 5.10 Å². The number of aromatic amines is 1. The van der Waals surface area contributed by atoms with Crippen LogP contribution in [0.25, 0.3) is 11.3 Å². The van der Waals surface area contributed by atoms with Gasteiger partial charge in [0.15, 0.2) is 11.5 Å². The molecule has 8 nitrogen and oxygen atoms in total. The van der Waals surface area contributed by atoms with Crippen LogP contribution in [0, 0.1) is 0 Å². The van der Waals surface area contributed by atoms with Gasteiger partial charge in [-0.3, -0.25) is 4.79 Å². The van der Waals surface area contributed by atoms with Crippen LogP contribution >= 0.6 is 0 Å². The highest BCUT2D eigenvalue weighted by atomic mass is 16.5. The first-order valence-corrected chi connectivity index (χ1v) is 8.53. The second-order valence-corrected chi connectivity index (χ2v) is 5.68. The second kappa shape index (κ2) is 8.63. The zero-order valence-electron chi connectivity index (χ0n) is 15.0. The smallest absolute Gasteiger partial charge is 0.346 e. The van der Waals surface area contributed by atoms with Crippen molar-refractivity contribution in [3.8, 4) is 22.8 Å². The predicted octanol–water partition coefficient (Wildman–Crippen LogP) is 2.31. The number of hydrazone groups is 1. The third kappa shape index (κ3) is 4.42. The molecule has 1 heterocycles. The van der Waals surface area contributed by atoms with Crippen LogP contribution in [0.2, 0.25) is 0 Å². The van der Waals surface area contributed by atoms with Gasteiger partial charge in [-0.25, -0.2) is 10.2 Å². The molecule has 3 N–H and O–H groups in total. The van der Waals surface area contributed by atoms with Gasteiger partial charge in [0.05, 0.1) is 18.5 Å². The third-order valence-electron chi connectivity index (χ3n) is 3.76. The molecule has 0 bridgehead atoms. The first kappa shape index (κ1) is 18.8. The number of benzene rings is 2. The van der Waals surface area contributed by atoms with Crippen molar-refractivity contribution in [1.29, 1.82) is 0 Å². The fourth-order valence-corrected chi connectivity index (χ4v) is 2.47. The molecule has 0 atom stereocenters. The minimum absolute atomic E-state index is 0.0169. The van der Waals surface area contributed by atoms with E-state index < -0.39 is 11.6 Å². The zero-order valence-corrected chi connectivity index (χ0v) is 15.0. The van der Waals surface area contributed by atoms with Crippen LogP contribution < -0.4 is 15.9 Å². The monoisotopic (exact) mass is 378 g/mol. The lowest BCUT2D eigenvalue weighted by atomic mass is 10.1. The Morgan fingerprint density at radius 1 is 1.25 bits per heavy atom. The molecule has 0 unspecified atom stereocenters. The number of ether oxygens (including phenoxy) is 1. The average molecular weight is 378 g/mol. The van der Waals surface area contributed by atoms with E-state index in [1.165, 1.54) is 12.3 Å². The number of para-hydroxylation sites is 1. The van der Waals surface area contributed by atoms with Crippen molar-refractivity contribution in [1.82, 2.24) is 15.4 Å². The number of hydrogen-bond donors (Lipinski definition) is 3. The summed E-state index contributed by atoms with van der Waals surface area (Å²) in [5.74, 6) is -0.372. The molecule has 0 spiro atoms. The Morgan fingerprint density at radius 2 is 2.04 bits per heavy atom. The summed E-state index contributed by atoms with van der Waals surface area (Å²) in [6.45, 7) is 2.21. The summed E-state index contributed by atoms with van der Waals surface area (Å²) in [6.07, 6.45) is 1.28. The number of rotatable bonds is 6. The maximum absolute atomic E-state index is 12.3. The quantitative estimate of drug-likeness (QED) is 0.449. The minimum atomic E-state index is -0.641. The molecule has 2 aromatic carbocycles. The van der Waals surface area contributed by atoms with Crippen LogP contribution in [0.3, 0.4) is 0 Å². The molecule has 1 aromatic heterocycles. The number of carbonyl (C=O) groups excluding carboxylic acids is 1. The average Bonchev–Trinajstić information content (AvgIpc) is 2.71. The number of carbonyl (C=O) groups is 1. The molecule has 3 aromatic rings. The van der Waals surface area contributed by atoms with E-state index in [0.29, 0.717) is 29.2 Å². The zero-order chi connectivity index (χ0) is 19.9. The lowest BCUT2D eigenvalue weighted by Gasteiger charge is -2.07. The molecule has 0 saturated heterocycles. The van der Waals surface area contributed by atoms with Gasteiger partial charge in [-0.1, -0.05) is 36.4 Å². The molecule has 28 heavy (non-hydrogen) atoms. The Labute approximate surface area is 160 Å². The minimum Gasteiger partial charge on any atom is -0.504 e. The largest absolute Gasteiger partial charge is 0.504 e. The van der Waals surface area contributed by atoms with Gasteiger partial charge in [0.1, 0.15) is 5.69 Å². The Balaban J connectivity index is 1.77. The van der Waals surface area contributed by atoms with Crippen LogP contribution in [-0.2, 0) is 0 Å². The number of aromatic nitrogens is 2. The van der Waals surface area contributed by atoms with E-state index in [2.05, 4.69) is 20.5 Å². The molecule has 0 aliphatic rings. The SMILES string of the molecule is CCOc1cccc(/C=N/NC(=O)c2cc(-c3ccccc3)nc(=O)[nH]2)c1O. The lowest BCUT2D eigenvalue weighted by Crippen LogP contribution is -2.24. The highest BCUT2D eigenvalue weighted by molar-refractivity contribution is 5.94. The molecule has 0 fully saturated rings. The number of H-pyrrole nitrogens is 1. The molecule has 0 aliphatic heterocycles. The van der Waals surface area contributed by atoms with Crippen LogP contribution in [0.15, 0.2) is 64.5 Å². The molecule has 1 amide bonds. The van der Waals surface area contributed by atoms with Crippen LogP contribution in [0.5, 0.6) is 11.5 Å². The molecular formula is C20H18N4O4. The van der Waals surface area contributed by atoms with E-state index in [4.69, 9.17) is 4.74 Å². The number of aromatic hydroxyl groups is 1. The molecule has 142 valence electrons. The van der Waals surface area contributed by atoms with E-state index in [0.717, 1.165) is 0 Å². The Hall–Kier alpha value is -3.94. The molecule has 8 heteroatoms. The molecular weight excluding hydrogens is 360 g/mol. The van der Waals surface area contributed by atoms with E-state index >= 15 is 0 Å². The van der Waals surface area contributed by atoms with Crippen LogP contribution in [0.4, 0.5) is 0 Å². The van der Waals surface area contributed by atoms with Crippen molar-refractivity contribution in [3.63, 3.8) is 0 Å². The third-order valence-corrected chi connectivity index (χ3v) is 3.76. The van der Waals surface area contributed by atoms with Gasteiger partial charge in [-0.15, -0.1) is 0 Å². The number of phenolic OH excluding ortho intramolecular Hbond substituents is 1. The first-order valence-electron chi connectivity index (χ1n) is 8.53. The van der Waals surface area contributed by atoms with E-state index in [9.17, 15) is 14.7 Å². The normalized spacial score (nSPS) is 10.8. The van der Waals surface area contributed by atoms with E-state index in [-0.39, 0.29) is 11.4 Å². The van der Waals surface area contributed by atoms with Gasteiger partial charge in [0.25, 0.3) is 5.91 Å². The van der Waals surface area contributed by atoms with E-state index in [1.54, 1.807) is 37.3 Å². The fourth-order valence-electron chi connectivity index (χ4n) is 2.47. The summed E-state index contributed by atoms with van der Waals surface area (Å²) >= 11 is 0. The Bertz CT molecular complexity index is 1060. The summed E-state index contributed by atoms with van der Waals surface area (Å²) in [5.41, 5.74) is 3.15.